The van der Waals surface area contributed by atoms with E-state index in [1.807, 2.05) is 0 Å². The van der Waals surface area contributed by atoms with Gasteiger partial charge in [0, 0.05) is 19.3 Å². The van der Waals surface area contributed by atoms with Gasteiger partial charge in [0.05, 0.1) is 26.4 Å². The van der Waals surface area contributed by atoms with Crippen LogP contribution >= 0.6 is 15.6 Å². The molecular formula is C93H150O16P2. The highest BCUT2D eigenvalue weighted by Crippen LogP contribution is 2.45. The number of aliphatic hydroxyl groups is 2. The van der Waals surface area contributed by atoms with E-state index in [-0.39, 0.29) is 19.3 Å². The van der Waals surface area contributed by atoms with E-state index >= 15 is 0 Å². The van der Waals surface area contributed by atoms with Crippen LogP contribution in [0.4, 0.5) is 0 Å². The summed E-state index contributed by atoms with van der Waals surface area (Å²) in [4.78, 5) is 58.9. The maximum atomic E-state index is 13.0. The number of hydrogen-bond donors (Lipinski definition) is 4. The molecule has 0 aliphatic carbocycles. The summed E-state index contributed by atoms with van der Waals surface area (Å²) in [6.07, 6.45) is 111. The Balaban J connectivity index is 4.72. The molecule has 0 heterocycles. The van der Waals surface area contributed by atoms with Crippen LogP contribution in [0.3, 0.4) is 0 Å². The van der Waals surface area contributed by atoms with Crippen LogP contribution in [0.15, 0.2) is 207 Å². The summed E-state index contributed by atoms with van der Waals surface area (Å²) >= 11 is 0. The Bertz CT molecular complexity index is 2850. The highest BCUT2D eigenvalue weighted by molar-refractivity contribution is 7.47. The van der Waals surface area contributed by atoms with Crippen LogP contribution in [-0.4, -0.2) is 95.9 Å². The first-order valence-corrected chi connectivity index (χ1v) is 45.4. The number of esters is 3. The lowest BCUT2D eigenvalue weighted by Gasteiger charge is -2.21. The maximum absolute atomic E-state index is 13.0. The summed E-state index contributed by atoms with van der Waals surface area (Å²) in [5.41, 5.74) is 0. The van der Waals surface area contributed by atoms with Gasteiger partial charge in [0.2, 0.25) is 0 Å². The minimum Gasteiger partial charge on any atom is -0.463 e. The summed E-state index contributed by atoms with van der Waals surface area (Å²) in [5, 5.41) is 20.7. The van der Waals surface area contributed by atoms with Crippen molar-refractivity contribution in [3.05, 3.63) is 207 Å². The second kappa shape index (κ2) is 83.6. The fourth-order valence-corrected chi connectivity index (χ4v) is 12.2. The lowest BCUT2D eigenvalue weighted by Crippen LogP contribution is -2.30. The van der Waals surface area contributed by atoms with Crippen molar-refractivity contribution in [1.29, 1.82) is 0 Å². The molecule has 0 saturated heterocycles. The molecule has 0 fully saturated rings. The van der Waals surface area contributed by atoms with Gasteiger partial charge in [-0.25, -0.2) is 9.13 Å². The predicted octanol–water partition coefficient (Wildman–Crippen LogP) is 25.7. The maximum Gasteiger partial charge on any atom is 0.472 e. The molecule has 0 saturated carbocycles. The average molecular weight is 1590 g/mol. The fourth-order valence-electron chi connectivity index (χ4n) is 10.7. The van der Waals surface area contributed by atoms with Gasteiger partial charge in [-0.2, -0.15) is 0 Å². The van der Waals surface area contributed by atoms with Crippen LogP contribution in [0.25, 0.3) is 0 Å². The normalized spacial score (nSPS) is 14.9. The van der Waals surface area contributed by atoms with Crippen LogP contribution in [0, 0.1) is 0 Å². The molecule has 628 valence electrons. The van der Waals surface area contributed by atoms with E-state index in [9.17, 15) is 43.5 Å². The van der Waals surface area contributed by atoms with Crippen molar-refractivity contribution < 1.29 is 75.8 Å². The van der Waals surface area contributed by atoms with Crippen LogP contribution < -0.4 is 0 Å². The molecule has 0 aromatic rings. The van der Waals surface area contributed by atoms with Gasteiger partial charge in [-0.1, -0.05) is 324 Å². The molecule has 5 atom stereocenters. The number of aliphatic hydroxyl groups excluding tert-OH is 2. The van der Waals surface area contributed by atoms with Crippen LogP contribution in [-0.2, 0) is 55.8 Å². The van der Waals surface area contributed by atoms with Gasteiger partial charge in [-0.05, 0) is 167 Å². The standard InChI is InChI=1S/C93H150O16P2/c1-4-7-10-13-16-19-22-25-28-31-34-37-39-41-43-45-47-50-52-55-58-61-64-67-70-73-76-79-91(96)103-82-88(94)83-105-110(99,100)106-84-89(95)85-107-111(101,102)108-87-90(109-93(98)81-78-75-72-69-66-63-60-57-54-49-36-33-30-27-24-21-18-15-12-9-6-3)86-104-92(97)80-77-74-71-68-65-62-59-56-53-51-48-46-44-42-40-38-35-32-29-26-23-20-17-14-11-8-5-2/h7-12,16-21,25-30,34-38,41-44,47-51,57,60,88-90,94-95H,4-6,13-15,22-24,31-33,39-40,45-46,52-56,58-59,61-87H2,1-3H3,(H,99,100)(H,101,102)/b10-7-,11-8-,12-9-,19-16-,20-17-,21-18-,28-25-,29-26-,30-27-,37-34-,38-35-,43-41-,44-42-,49-36-,50-47-,51-48-,60-57-. The molecule has 0 rings (SSSR count). The lowest BCUT2D eigenvalue weighted by atomic mass is 10.1. The van der Waals surface area contributed by atoms with Crippen LogP contribution in [0.2, 0.25) is 0 Å². The molecule has 0 aliphatic heterocycles. The average Bonchev–Trinajstić information content (AvgIpc) is 0.889. The van der Waals surface area contributed by atoms with Gasteiger partial charge >= 0.3 is 33.6 Å². The minimum atomic E-state index is -4.96. The summed E-state index contributed by atoms with van der Waals surface area (Å²) < 4.78 is 61.3. The molecule has 0 bridgehead atoms. The number of carbonyl (C=O) groups excluding carboxylic acids is 3. The first-order chi connectivity index (χ1) is 54.2. The second-order valence-electron chi connectivity index (χ2n) is 27.5. The summed E-state index contributed by atoms with van der Waals surface area (Å²) in [6.45, 7) is 2.29. The summed E-state index contributed by atoms with van der Waals surface area (Å²) in [7, 11) is -9.83. The molecule has 4 N–H and O–H groups in total. The molecule has 16 nitrogen and oxygen atoms in total. The highest BCUT2D eigenvalue weighted by Gasteiger charge is 2.29. The van der Waals surface area contributed by atoms with Crippen LogP contribution in [0.1, 0.15) is 303 Å². The molecule has 0 spiro atoms. The van der Waals surface area contributed by atoms with Crippen molar-refractivity contribution in [3.8, 4) is 0 Å². The third kappa shape index (κ3) is 84.9. The predicted molar refractivity (Wildman–Crippen MR) is 463 cm³/mol. The van der Waals surface area contributed by atoms with E-state index in [1.54, 1.807) is 0 Å². The van der Waals surface area contributed by atoms with Crippen molar-refractivity contribution in [2.24, 2.45) is 0 Å². The Hall–Kier alpha value is -5.87. The van der Waals surface area contributed by atoms with Gasteiger partial charge in [-0.15, -0.1) is 0 Å². The molecular weight excluding hydrogens is 1430 g/mol. The molecule has 0 radical (unpaired) electrons. The largest absolute Gasteiger partial charge is 0.472 e. The smallest absolute Gasteiger partial charge is 0.463 e. The second-order valence-corrected chi connectivity index (χ2v) is 30.4. The van der Waals surface area contributed by atoms with E-state index in [0.717, 1.165) is 218 Å². The number of ether oxygens (including phenoxy) is 3. The molecule has 0 aliphatic rings. The van der Waals surface area contributed by atoms with Crippen molar-refractivity contribution in [2.75, 3.05) is 39.6 Å². The molecule has 111 heavy (non-hydrogen) atoms. The van der Waals surface area contributed by atoms with E-state index in [2.05, 4.69) is 227 Å². The SMILES string of the molecule is CC/C=C\C/C=C\C/C=C\C/C=C\C/C=C\C/C=C\CCCCCCCCCCC(=O)OCC(O)COP(=O)(O)OCC(O)COP(=O)(O)OCC(COC(=O)CCCCCCCCCC/C=C\C/C=C\C/C=C\C/C=C\C/C=C\C/C=C\CC)OC(=O)CCCCCCC/C=C\C/C=C\C/C=C\C/C=C\C/C=C\CC. The number of rotatable bonds is 78. The van der Waals surface area contributed by atoms with Crippen molar-refractivity contribution in [1.82, 2.24) is 0 Å². The van der Waals surface area contributed by atoms with Crippen molar-refractivity contribution in [3.63, 3.8) is 0 Å². The molecule has 0 amide bonds. The van der Waals surface area contributed by atoms with Gasteiger partial charge in [0.15, 0.2) is 6.10 Å². The van der Waals surface area contributed by atoms with E-state index in [4.69, 9.17) is 32.3 Å². The fraction of sp³-hybridized carbons (Fsp3) is 0.602. The molecule has 5 unspecified atom stereocenters. The zero-order valence-corrected chi connectivity index (χ0v) is 70.6. The van der Waals surface area contributed by atoms with Gasteiger partial charge in [0.1, 0.15) is 25.4 Å². The monoisotopic (exact) mass is 1590 g/mol. The van der Waals surface area contributed by atoms with Gasteiger partial charge in [0.25, 0.3) is 0 Å². The Morgan fingerprint density at radius 1 is 0.252 bits per heavy atom. The van der Waals surface area contributed by atoms with E-state index in [1.165, 1.54) is 25.7 Å². The first-order valence-electron chi connectivity index (χ1n) is 42.4. The minimum absolute atomic E-state index is 0.0718. The number of unbranched alkanes of at least 4 members (excludes halogenated alkanes) is 21. The summed E-state index contributed by atoms with van der Waals surface area (Å²) in [5.74, 6) is -1.62. The topological polar surface area (TPSA) is 231 Å². The highest BCUT2D eigenvalue weighted by atomic mass is 31.2. The number of phosphoric ester groups is 2. The number of hydrogen-bond acceptors (Lipinski definition) is 14. The Labute approximate surface area is 673 Å². The quantitative estimate of drug-likeness (QED) is 0.0146. The Morgan fingerprint density at radius 3 is 0.712 bits per heavy atom. The third-order valence-corrected chi connectivity index (χ3v) is 18.9. The molecule has 0 aromatic carbocycles. The third-order valence-electron chi connectivity index (χ3n) is 17.0. The zero-order valence-electron chi connectivity index (χ0n) is 68.8. The number of allylic oxidation sites excluding steroid dienone is 34. The Kier molecular flexibility index (Phi) is 79.1. The number of phosphoric acid groups is 2. The molecule has 18 heteroatoms. The Morgan fingerprint density at radius 2 is 0.450 bits per heavy atom. The van der Waals surface area contributed by atoms with Gasteiger partial charge in [-0.3, -0.25) is 32.5 Å². The van der Waals surface area contributed by atoms with Gasteiger partial charge < -0.3 is 34.2 Å². The van der Waals surface area contributed by atoms with E-state index < -0.39 is 91.5 Å². The number of carbonyl (C=O) groups is 3. The van der Waals surface area contributed by atoms with Crippen LogP contribution in [0.5, 0.6) is 0 Å². The summed E-state index contributed by atoms with van der Waals surface area (Å²) in [6, 6.07) is 0. The lowest BCUT2D eigenvalue weighted by molar-refractivity contribution is -0.161. The van der Waals surface area contributed by atoms with Crippen molar-refractivity contribution >= 4 is 33.6 Å². The first kappa shape index (κ1) is 105. The van der Waals surface area contributed by atoms with E-state index in [0.29, 0.717) is 19.3 Å². The molecule has 0 aromatic heterocycles. The van der Waals surface area contributed by atoms with Crippen molar-refractivity contribution in [2.45, 2.75) is 322 Å². The zero-order chi connectivity index (χ0) is 80.8.